The quantitative estimate of drug-likeness (QED) is 0.471. The van der Waals surface area contributed by atoms with Crippen LogP contribution in [-0.4, -0.2) is 37.2 Å². The van der Waals surface area contributed by atoms with E-state index in [4.69, 9.17) is 12.2 Å². The number of hydrogen-bond donors (Lipinski definition) is 2. The smallest absolute Gasteiger partial charge is 0.305 e. The Hall–Kier alpha value is -2.15. The van der Waals surface area contributed by atoms with Crippen molar-refractivity contribution in [3.05, 3.63) is 24.3 Å². The van der Waals surface area contributed by atoms with Crippen molar-refractivity contribution in [1.82, 2.24) is 5.32 Å². The number of ether oxygens (including phenoxy) is 1. The first-order valence-electron chi connectivity index (χ1n) is 7.62. The number of rotatable bonds is 6. The molecular formula is C16H21N3O3S. The van der Waals surface area contributed by atoms with Crippen LogP contribution in [0, 0.1) is 0 Å². The molecule has 1 heterocycles. The summed E-state index contributed by atoms with van der Waals surface area (Å²) in [5.41, 5.74) is 1.76. The van der Waals surface area contributed by atoms with Gasteiger partial charge in [0.15, 0.2) is 5.11 Å². The number of anilines is 2. The van der Waals surface area contributed by atoms with Crippen molar-refractivity contribution in [3.63, 3.8) is 0 Å². The number of methoxy groups -OCH3 is 1. The Morgan fingerprint density at radius 1 is 1.35 bits per heavy atom. The second-order valence-corrected chi connectivity index (χ2v) is 5.66. The third-order valence-corrected chi connectivity index (χ3v) is 3.83. The zero-order chi connectivity index (χ0) is 16.7. The van der Waals surface area contributed by atoms with Crippen molar-refractivity contribution in [1.29, 1.82) is 0 Å². The number of hydrogen-bond acceptors (Lipinski definition) is 4. The predicted octanol–water partition coefficient (Wildman–Crippen LogP) is 2.05. The van der Waals surface area contributed by atoms with Crippen LogP contribution in [0.2, 0.25) is 0 Å². The Balaban J connectivity index is 1.75. The van der Waals surface area contributed by atoms with Gasteiger partial charge < -0.3 is 20.3 Å². The normalized spacial score (nSPS) is 13.8. The van der Waals surface area contributed by atoms with Crippen molar-refractivity contribution < 1.29 is 14.3 Å². The predicted molar refractivity (Wildman–Crippen MR) is 93.5 cm³/mol. The maximum Gasteiger partial charge on any atom is 0.305 e. The molecule has 0 atom stereocenters. The summed E-state index contributed by atoms with van der Waals surface area (Å²) in [6, 6.07) is 7.60. The van der Waals surface area contributed by atoms with Gasteiger partial charge in [0.25, 0.3) is 0 Å². The van der Waals surface area contributed by atoms with Crippen molar-refractivity contribution in [3.8, 4) is 0 Å². The monoisotopic (exact) mass is 335 g/mol. The van der Waals surface area contributed by atoms with Crippen molar-refractivity contribution in [2.45, 2.75) is 25.7 Å². The highest BCUT2D eigenvalue weighted by molar-refractivity contribution is 7.80. The number of nitrogens with zero attached hydrogens (tertiary/aromatic N) is 1. The summed E-state index contributed by atoms with van der Waals surface area (Å²) in [4.78, 5) is 24.5. The first-order valence-corrected chi connectivity index (χ1v) is 8.03. The molecule has 0 aliphatic carbocycles. The molecule has 6 nitrogen and oxygen atoms in total. The van der Waals surface area contributed by atoms with E-state index in [1.165, 1.54) is 7.11 Å². The maximum absolute atomic E-state index is 11.7. The second-order valence-electron chi connectivity index (χ2n) is 5.26. The van der Waals surface area contributed by atoms with Crippen LogP contribution >= 0.6 is 12.2 Å². The average molecular weight is 335 g/mol. The Kier molecular flexibility index (Phi) is 6.34. The lowest BCUT2D eigenvalue weighted by Gasteiger charge is -2.16. The van der Waals surface area contributed by atoms with Gasteiger partial charge in [0, 0.05) is 37.3 Å². The SMILES string of the molecule is COC(=O)CCCNC(=S)Nc1ccc(N2CCCC2=O)cc1. The van der Waals surface area contributed by atoms with Crippen LogP contribution < -0.4 is 15.5 Å². The third-order valence-electron chi connectivity index (χ3n) is 3.58. The van der Waals surface area contributed by atoms with Gasteiger partial charge in [0.1, 0.15) is 0 Å². The van der Waals surface area contributed by atoms with Crippen LogP contribution in [0.25, 0.3) is 0 Å². The molecule has 2 N–H and O–H groups in total. The molecule has 1 fully saturated rings. The van der Waals surface area contributed by atoms with Gasteiger partial charge in [-0.3, -0.25) is 9.59 Å². The molecule has 1 saturated heterocycles. The van der Waals surface area contributed by atoms with E-state index in [9.17, 15) is 9.59 Å². The lowest BCUT2D eigenvalue weighted by Crippen LogP contribution is -2.29. The standard InChI is InChI=1S/C16H21N3O3S/c1-22-15(21)5-2-10-17-16(23)18-12-6-8-13(9-7-12)19-11-3-4-14(19)20/h6-9H,2-5,10-11H2,1H3,(H2,17,18,23). The molecule has 1 aliphatic rings. The molecule has 0 bridgehead atoms. The van der Waals surface area contributed by atoms with Gasteiger partial charge in [-0.1, -0.05) is 0 Å². The highest BCUT2D eigenvalue weighted by Gasteiger charge is 2.21. The van der Waals surface area contributed by atoms with Gasteiger partial charge in [-0.25, -0.2) is 0 Å². The average Bonchev–Trinajstić information content (AvgIpc) is 2.98. The van der Waals surface area contributed by atoms with Gasteiger partial charge >= 0.3 is 5.97 Å². The highest BCUT2D eigenvalue weighted by Crippen LogP contribution is 2.22. The molecule has 0 saturated carbocycles. The maximum atomic E-state index is 11.7. The second kappa shape index (κ2) is 8.47. The van der Waals surface area contributed by atoms with E-state index in [1.54, 1.807) is 4.90 Å². The topological polar surface area (TPSA) is 70.7 Å². The van der Waals surface area contributed by atoms with Gasteiger partial charge in [-0.2, -0.15) is 0 Å². The molecule has 1 amide bonds. The minimum absolute atomic E-state index is 0.175. The first kappa shape index (κ1) is 17.2. The summed E-state index contributed by atoms with van der Waals surface area (Å²) in [5.74, 6) is -0.0498. The summed E-state index contributed by atoms with van der Waals surface area (Å²) in [6.45, 7) is 1.38. The lowest BCUT2D eigenvalue weighted by molar-refractivity contribution is -0.140. The minimum Gasteiger partial charge on any atom is -0.469 e. The molecule has 0 spiro atoms. The number of carbonyl (C=O) groups is 2. The van der Waals surface area contributed by atoms with E-state index in [1.807, 2.05) is 24.3 Å². The van der Waals surface area contributed by atoms with E-state index in [2.05, 4.69) is 15.4 Å². The number of benzene rings is 1. The molecule has 124 valence electrons. The zero-order valence-electron chi connectivity index (χ0n) is 13.1. The van der Waals surface area contributed by atoms with Crippen LogP contribution in [0.4, 0.5) is 11.4 Å². The number of carbonyl (C=O) groups excluding carboxylic acids is 2. The third kappa shape index (κ3) is 5.21. The Morgan fingerprint density at radius 3 is 2.70 bits per heavy atom. The van der Waals surface area contributed by atoms with Crippen LogP contribution in [0.5, 0.6) is 0 Å². The number of nitrogens with one attached hydrogen (secondary N) is 2. The van der Waals surface area contributed by atoms with Crippen molar-refractivity contribution in [2.75, 3.05) is 30.4 Å². The van der Waals surface area contributed by atoms with Crippen LogP contribution in [-0.2, 0) is 14.3 Å². The van der Waals surface area contributed by atoms with Crippen molar-refractivity contribution in [2.24, 2.45) is 0 Å². The molecule has 0 aromatic heterocycles. The Morgan fingerprint density at radius 2 is 2.09 bits per heavy atom. The summed E-state index contributed by atoms with van der Waals surface area (Å²) >= 11 is 5.20. The fourth-order valence-electron chi connectivity index (χ4n) is 2.36. The fraction of sp³-hybridized carbons (Fsp3) is 0.438. The molecule has 7 heteroatoms. The number of thiocarbonyl (C=S) groups is 1. The van der Waals surface area contributed by atoms with Gasteiger partial charge in [0.2, 0.25) is 5.91 Å². The summed E-state index contributed by atoms with van der Waals surface area (Å²) < 4.78 is 4.57. The molecular weight excluding hydrogens is 314 g/mol. The number of esters is 1. The van der Waals surface area contributed by atoms with E-state index in [0.717, 1.165) is 24.3 Å². The van der Waals surface area contributed by atoms with Crippen LogP contribution in [0.1, 0.15) is 25.7 Å². The fourth-order valence-corrected chi connectivity index (χ4v) is 2.58. The van der Waals surface area contributed by atoms with Gasteiger partial charge in [-0.05, 0) is 49.3 Å². The van der Waals surface area contributed by atoms with Crippen molar-refractivity contribution >= 4 is 40.6 Å². The lowest BCUT2D eigenvalue weighted by atomic mass is 10.2. The van der Waals surface area contributed by atoms with E-state index < -0.39 is 0 Å². The van der Waals surface area contributed by atoms with E-state index >= 15 is 0 Å². The molecule has 2 rings (SSSR count). The number of amides is 1. The Labute approximate surface area is 141 Å². The zero-order valence-corrected chi connectivity index (χ0v) is 13.9. The Bertz CT molecular complexity index is 574. The summed E-state index contributed by atoms with van der Waals surface area (Å²) in [5, 5.41) is 6.61. The summed E-state index contributed by atoms with van der Waals surface area (Å²) in [7, 11) is 1.38. The molecule has 23 heavy (non-hydrogen) atoms. The summed E-state index contributed by atoms with van der Waals surface area (Å²) in [6.07, 6.45) is 2.56. The molecule has 1 aromatic carbocycles. The highest BCUT2D eigenvalue weighted by atomic mass is 32.1. The molecule has 0 unspecified atom stereocenters. The van der Waals surface area contributed by atoms with E-state index in [-0.39, 0.29) is 11.9 Å². The minimum atomic E-state index is -0.224. The first-order chi connectivity index (χ1) is 11.1. The largest absolute Gasteiger partial charge is 0.469 e. The van der Waals surface area contributed by atoms with Crippen LogP contribution in [0.3, 0.4) is 0 Å². The van der Waals surface area contributed by atoms with Crippen LogP contribution in [0.15, 0.2) is 24.3 Å². The van der Waals surface area contributed by atoms with E-state index in [0.29, 0.717) is 30.9 Å². The van der Waals surface area contributed by atoms with Gasteiger partial charge in [0.05, 0.1) is 7.11 Å². The molecule has 0 radical (unpaired) electrons. The molecule has 1 aromatic rings. The van der Waals surface area contributed by atoms with Gasteiger partial charge in [-0.15, -0.1) is 0 Å². The molecule has 1 aliphatic heterocycles.